The van der Waals surface area contributed by atoms with E-state index in [2.05, 4.69) is 31.6 Å². The number of likely N-dealkylation sites (tertiary alicyclic amines) is 1. The van der Waals surface area contributed by atoms with E-state index in [9.17, 15) is 18.0 Å². The summed E-state index contributed by atoms with van der Waals surface area (Å²) >= 11 is 6.41. The molecule has 300 valence electrons. The van der Waals surface area contributed by atoms with E-state index in [1.54, 1.807) is 19.9 Å². The number of hydrogen-bond acceptors (Lipinski definition) is 9. The van der Waals surface area contributed by atoms with Crippen molar-refractivity contribution in [1.29, 1.82) is 0 Å². The Balaban J connectivity index is 1.19. The molecule has 3 fully saturated rings. The van der Waals surface area contributed by atoms with Crippen LogP contribution in [0.2, 0.25) is 5.02 Å². The first-order valence-corrected chi connectivity index (χ1v) is 22.1. The van der Waals surface area contributed by atoms with Gasteiger partial charge < -0.3 is 19.3 Å². The second-order valence-electron chi connectivity index (χ2n) is 16.6. The minimum absolute atomic E-state index is 0.148. The van der Waals surface area contributed by atoms with E-state index in [0.717, 1.165) is 102 Å². The van der Waals surface area contributed by atoms with Crippen molar-refractivity contribution >= 4 is 39.1 Å². The highest BCUT2D eigenvalue weighted by Crippen LogP contribution is 2.47. The lowest BCUT2D eigenvalue weighted by Crippen LogP contribution is -2.65. The molecule has 5 atom stereocenters. The third-order valence-electron chi connectivity index (χ3n) is 13.3. The third-order valence-corrected chi connectivity index (χ3v) is 15.4. The zero-order valence-electron chi connectivity index (χ0n) is 32.8. The van der Waals surface area contributed by atoms with Crippen LogP contribution in [0.3, 0.4) is 0 Å². The van der Waals surface area contributed by atoms with E-state index >= 15 is 0 Å². The van der Waals surface area contributed by atoms with Crippen molar-refractivity contribution in [2.24, 2.45) is 17.8 Å². The first-order chi connectivity index (χ1) is 26.4. The molecule has 55 heavy (non-hydrogen) atoms. The van der Waals surface area contributed by atoms with E-state index in [0.29, 0.717) is 35.8 Å². The Bertz CT molecular complexity index is 1860. The molecule has 0 spiro atoms. The summed E-state index contributed by atoms with van der Waals surface area (Å²) in [6.07, 6.45) is 9.76. The van der Waals surface area contributed by atoms with Crippen LogP contribution in [0.15, 0.2) is 48.6 Å². The molecule has 0 aromatic heterocycles. The lowest BCUT2D eigenvalue weighted by molar-refractivity contribution is -0.137. The molecule has 11 nitrogen and oxygen atoms in total. The van der Waals surface area contributed by atoms with Gasteiger partial charge in [-0.1, -0.05) is 36.7 Å². The van der Waals surface area contributed by atoms with Crippen LogP contribution in [0.25, 0.3) is 0 Å². The largest absolute Gasteiger partial charge is 0.487 e. The first-order valence-electron chi connectivity index (χ1n) is 20.2. The van der Waals surface area contributed by atoms with Gasteiger partial charge in [0, 0.05) is 89.6 Å². The number of methoxy groups -OCH3 is 1. The third kappa shape index (κ3) is 8.73. The second kappa shape index (κ2) is 16.7. The van der Waals surface area contributed by atoms with Gasteiger partial charge in [-0.3, -0.25) is 19.4 Å². The van der Waals surface area contributed by atoms with Gasteiger partial charge in [-0.15, -0.1) is 0 Å². The highest BCUT2D eigenvalue weighted by molar-refractivity contribution is 7.90. The monoisotopic (exact) mass is 795 g/mol. The van der Waals surface area contributed by atoms with Gasteiger partial charge >= 0.3 is 0 Å². The molecule has 7 rings (SSSR count). The van der Waals surface area contributed by atoms with E-state index in [1.165, 1.54) is 5.56 Å². The molecule has 2 aromatic rings. The van der Waals surface area contributed by atoms with Gasteiger partial charge in [0.05, 0.1) is 10.9 Å². The van der Waals surface area contributed by atoms with E-state index < -0.39 is 26.8 Å². The van der Waals surface area contributed by atoms with Gasteiger partial charge in [0.15, 0.2) is 0 Å². The topological polar surface area (TPSA) is 112 Å². The number of nitrogens with zero attached hydrogens (tertiary/aromatic N) is 4. The van der Waals surface area contributed by atoms with Crippen LogP contribution in [0, 0.1) is 17.8 Å². The first kappa shape index (κ1) is 40.1. The van der Waals surface area contributed by atoms with Gasteiger partial charge in [0.2, 0.25) is 15.9 Å². The number of sulfonamides is 1. The Morgan fingerprint density at radius 1 is 1.00 bits per heavy atom. The van der Waals surface area contributed by atoms with Crippen LogP contribution < -0.4 is 14.4 Å². The smallest absolute Gasteiger partial charge is 0.264 e. The molecule has 4 heterocycles. The number of halogens is 1. The Morgan fingerprint density at radius 3 is 2.49 bits per heavy atom. The highest BCUT2D eigenvalue weighted by atomic mass is 35.5. The quantitative estimate of drug-likeness (QED) is 0.409. The molecule has 2 amide bonds. The molecule has 0 radical (unpaired) electrons. The number of fused-ring (bicyclic) bond motifs is 3. The van der Waals surface area contributed by atoms with Crippen LogP contribution in [-0.2, 0) is 32.6 Å². The summed E-state index contributed by atoms with van der Waals surface area (Å²) in [7, 11) is -2.14. The van der Waals surface area contributed by atoms with E-state index in [4.69, 9.17) is 21.1 Å². The van der Waals surface area contributed by atoms with Crippen LogP contribution in [0.1, 0.15) is 74.4 Å². The van der Waals surface area contributed by atoms with Crippen LogP contribution in [0.4, 0.5) is 5.69 Å². The lowest BCUT2D eigenvalue weighted by atomic mass is 9.63. The summed E-state index contributed by atoms with van der Waals surface area (Å²) in [5.41, 5.74) is 2.79. The summed E-state index contributed by atoms with van der Waals surface area (Å²) in [6, 6.07) is 11.7. The summed E-state index contributed by atoms with van der Waals surface area (Å²) < 4.78 is 42.9. The molecule has 1 N–H and O–H groups in total. The van der Waals surface area contributed by atoms with Crippen molar-refractivity contribution in [1.82, 2.24) is 19.4 Å². The standard InChI is InChI=1S/C42H58ClN5O6S/c1-29-8-7-16-42(53-4,28-45-18-20-46(21-19-45)37-25-48(26-37)31(3)49)38-14-11-34(38)24-47-17-6-5-9-32-22-36(43)13-10-35(32)27-54-40-15-12-33(23-39(40)47)41(50)44-55(51,52)30(29)2/h7,10,12-13,15-16,22-23,29-30,34,37-38H,5-6,8-9,11,14,17-21,24-28H2,1-4H3,(H,44,50)/b16-7+/t29-,30+,34-,38+,42+/m0/s1. The molecule has 5 aliphatic rings. The Hall–Kier alpha value is -3.16. The number of carbonyl (C=O) groups is 2. The number of carbonyl (C=O) groups excluding carboxylic acids is 2. The molecule has 2 saturated heterocycles. The summed E-state index contributed by atoms with van der Waals surface area (Å²) in [5.74, 6) is 0.509. The zero-order chi connectivity index (χ0) is 38.9. The molecule has 2 bridgehead atoms. The van der Waals surface area contributed by atoms with Crippen molar-refractivity contribution < 1.29 is 27.5 Å². The lowest BCUT2D eigenvalue weighted by Gasteiger charge is -2.53. The van der Waals surface area contributed by atoms with E-state index in [-0.39, 0.29) is 23.3 Å². The Morgan fingerprint density at radius 2 is 1.78 bits per heavy atom. The molecule has 1 saturated carbocycles. The molecular weight excluding hydrogens is 738 g/mol. The number of benzene rings is 2. The molecule has 0 unspecified atom stereocenters. The molecular formula is C42H58ClN5O6S. The van der Waals surface area contributed by atoms with Crippen molar-refractivity contribution in [3.8, 4) is 5.75 Å². The number of hydrogen-bond donors (Lipinski definition) is 1. The number of nitrogens with one attached hydrogen (secondary N) is 1. The van der Waals surface area contributed by atoms with Crippen LogP contribution >= 0.6 is 11.6 Å². The van der Waals surface area contributed by atoms with Gasteiger partial charge in [0.25, 0.3) is 5.91 Å². The number of anilines is 1. The fourth-order valence-electron chi connectivity index (χ4n) is 9.21. The van der Waals surface area contributed by atoms with Crippen molar-refractivity contribution in [2.45, 2.75) is 82.8 Å². The Kier molecular flexibility index (Phi) is 12.2. The van der Waals surface area contributed by atoms with Gasteiger partial charge in [0.1, 0.15) is 18.0 Å². The fourth-order valence-corrected chi connectivity index (χ4v) is 10.7. The normalized spacial score (nSPS) is 30.3. The fraction of sp³-hybridized carbons (Fsp3) is 0.619. The number of ether oxygens (including phenoxy) is 2. The second-order valence-corrected chi connectivity index (χ2v) is 19.1. The van der Waals surface area contributed by atoms with Gasteiger partial charge in [-0.2, -0.15) is 0 Å². The maximum atomic E-state index is 13.6. The van der Waals surface area contributed by atoms with Crippen molar-refractivity contribution in [3.05, 3.63) is 70.3 Å². The highest BCUT2D eigenvalue weighted by Gasteiger charge is 2.48. The molecule has 1 aliphatic carbocycles. The predicted molar refractivity (Wildman–Crippen MR) is 216 cm³/mol. The van der Waals surface area contributed by atoms with Crippen LogP contribution in [-0.4, -0.2) is 118 Å². The average molecular weight is 796 g/mol. The number of aryl methyl sites for hydroxylation is 1. The SMILES string of the molecule is CO[C@@]1(CN2CCN(C3CN(C(C)=O)C3)CC2)/C=C/C[C@H](C)[C@@H](C)S(=O)(=O)NC(=O)c2ccc3c(c2)N(CCCCc2cc(Cl)ccc2CO3)C[C@@H]2CC[C@H]21. The minimum Gasteiger partial charge on any atom is -0.487 e. The van der Waals surface area contributed by atoms with Gasteiger partial charge in [-0.05, 0) is 105 Å². The maximum Gasteiger partial charge on any atom is 0.264 e. The molecule has 13 heteroatoms. The Labute approximate surface area is 332 Å². The zero-order valence-corrected chi connectivity index (χ0v) is 34.4. The molecule has 2 aromatic carbocycles. The maximum absolute atomic E-state index is 13.6. The number of rotatable bonds is 4. The van der Waals surface area contributed by atoms with Crippen molar-refractivity contribution in [3.63, 3.8) is 0 Å². The van der Waals surface area contributed by atoms with Crippen molar-refractivity contribution in [2.75, 3.05) is 70.9 Å². The average Bonchev–Trinajstić information content (AvgIpc) is 3.15. The number of piperazine rings is 1. The minimum atomic E-state index is -3.97. The number of allylic oxidation sites excluding steroid dienone is 1. The number of amides is 2. The van der Waals surface area contributed by atoms with E-state index in [1.807, 2.05) is 49.3 Å². The predicted octanol–water partition coefficient (Wildman–Crippen LogP) is 5.37. The summed E-state index contributed by atoms with van der Waals surface area (Å²) in [4.78, 5) is 34.8. The molecule has 4 aliphatic heterocycles. The van der Waals surface area contributed by atoms with Crippen LogP contribution in [0.5, 0.6) is 5.75 Å². The van der Waals surface area contributed by atoms with Gasteiger partial charge in [-0.25, -0.2) is 13.1 Å². The summed E-state index contributed by atoms with van der Waals surface area (Å²) in [5, 5.41) is -0.0865. The summed E-state index contributed by atoms with van der Waals surface area (Å²) in [6.45, 7) is 13.3.